The van der Waals surface area contributed by atoms with Crippen LogP contribution in [0, 0.1) is 0 Å². The number of ether oxygens (including phenoxy) is 4. The summed E-state index contributed by atoms with van der Waals surface area (Å²) in [4.78, 5) is 72.8. The molecule has 568 valence electrons. The van der Waals surface area contributed by atoms with Gasteiger partial charge >= 0.3 is 39.5 Å². The van der Waals surface area contributed by atoms with Crippen LogP contribution in [0.5, 0.6) is 0 Å². The van der Waals surface area contributed by atoms with Crippen molar-refractivity contribution in [3.05, 3.63) is 85.1 Å². The maximum atomic E-state index is 13.1. The van der Waals surface area contributed by atoms with E-state index in [1.165, 1.54) is 128 Å². The van der Waals surface area contributed by atoms with E-state index in [9.17, 15) is 43.2 Å². The molecule has 0 saturated heterocycles. The first-order valence-corrected chi connectivity index (χ1v) is 41.8. The number of rotatable bonds is 73. The van der Waals surface area contributed by atoms with E-state index in [0.29, 0.717) is 32.1 Å². The van der Waals surface area contributed by atoms with Gasteiger partial charge in [0.1, 0.15) is 19.3 Å². The van der Waals surface area contributed by atoms with Crippen molar-refractivity contribution in [1.82, 2.24) is 0 Å². The van der Waals surface area contributed by atoms with Crippen molar-refractivity contribution in [3.63, 3.8) is 0 Å². The van der Waals surface area contributed by atoms with Gasteiger partial charge in [0.25, 0.3) is 0 Å². The average molecular weight is 1420 g/mol. The van der Waals surface area contributed by atoms with Crippen LogP contribution in [-0.2, 0) is 65.4 Å². The third-order valence-corrected chi connectivity index (χ3v) is 18.3. The van der Waals surface area contributed by atoms with E-state index < -0.39 is 97.5 Å². The number of aliphatic hydroxyl groups is 1. The Morgan fingerprint density at radius 2 is 0.541 bits per heavy atom. The normalized spacial score (nSPS) is 14.4. The first kappa shape index (κ1) is 94.2. The van der Waals surface area contributed by atoms with Gasteiger partial charge in [-0.15, -0.1) is 0 Å². The Hall–Kier alpha value is -3.76. The van der Waals surface area contributed by atoms with Crippen molar-refractivity contribution in [1.29, 1.82) is 0 Å². The second kappa shape index (κ2) is 71.6. The Morgan fingerprint density at radius 3 is 0.908 bits per heavy atom. The topological polar surface area (TPSA) is 237 Å². The van der Waals surface area contributed by atoms with Crippen molar-refractivity contribution in [2.75, 3.05) is 39.6 Å². The van der Waals surface area contributed by atoms with Gasteiger partial charge < -0.3 is 33.8 Å². The van der Waals surface area contributed by atoms with Gasteiger partial charge in [0, 0.05) is 25.7 Å². The molecule has 5 atom stereocenters. The van der Waals surface area contributed by atoms with E-state index in [0.717, 1.165) is 122 Å². The maximum Gasteiger partial charge on any atom is 0.472 e. The number of esters is 4. The molecule has 0 bridgehead atoms. The predicted octanol–water partition coefficient (Wildman–Crippen LogP) is 22.2. The van der Waals surface area contributed by atoms with Crippen LogP contribution in [0.15, 0.2) is 85.1 Å². The van der Waals surface area contributed by atoms with Crippen LogP contribution in [0.1, 0.15) is 336 Å². The van der Waals surface area contributed by atoms with Gasteiger partial charge in [-0.2, -0.15) is 0 Å². The smallest absolute Gasteiger partial charge is 0.462 e. The first-order chi connectivity index (χ1) is 47.7. The van der Waals surface area contributed by atoms with Crippen LogP contribution in [0.3, 0.4) is 0 Å². The Morgan fingerprint density at radius 1 is 0.296 bits per heavy atom. The number of unbranched alkanes of at least 4 members (excludes halogenated alkanes) is 34. The van der Waals surface area contributed by atoms with Gasteiger partial charge in [0.15, 0.2) is 12.2 Å². The van der Waals surface area contributed by atoms with Crippen molar-refractivity contribution in [3.8, 4) is 0 Å². The van der Waals surface area contributed by atoms with Gasteiger partial charge in [-0.05, 0) is 116 Å². The third-order valence-electron chi connectivity index (χ3n) is 16.4. The van der Waals surface area contributed by atoms with E-state index in [1.807, 2.05) is 12.2 Å². The number of phosphoric acid groups is 2. The van der Waals surface area contributed by atoms with Gasteiger partial charge in [-0.3, -0.25) is 37.3 Å². The molecule has 0 aromatic carbocycles. The fraction of sp³-hybridized carbons (Fsp3) is 0.772. The highest BCUT2D eigenvalue weighted by Gasteiger charge is 2.30. The molecule has 19 heteroatoms. The molecule has 0 aliphatic carbocycles. The van der Waals surface area contributed by atoms with E-state index >= 15 is 0 Å². The minimum atomic E-state index is -4.98. The van der Waals surface area contributed by atoms with E-state index in [1.54, 1.807) is 0 Å². The average Bonchev–Trinajstić information content (AvgIpc) is 0.962. The number of hydrogen-bond donors (Lipinski definition) is 3. The lowest BCUT2D eigenvalue weighted by molar-refractivity contribution is -0.161. The standard InChI is InChI=1S/C79H140O17P2/c1-5-9-13-17-21-25-29-33-35-36-38-41-44-48-52-56-60-64-77(82)90-70-74(95-78(83)65-61-57-53-49-45-40-32-28-24-20-16-12-8-4)71-93-97(85,86)91-67-73(80)68-92-98(87,88)94-72-75(69-89-76(81)63-59-55-51-47-43-39-31-27-23-19-15-11-7-3)96-79(84)66-62-58-54-50-46-42-37-34-30-26-22-18-14-10-6-2/h21,25-26,28,30,32-35,37-38,41,48,52,73-75,80H,5-20,22-24,27,29,31,36,39-40,42-47,49-51,53-72H2,1-4H3,(H,85,86)(H,87,88)/b25-21-,30-26-,32-28-,35-33-,37-34-,41-38-,52-48-/t73-,74-,75-/m1/s1. The zero-order valence-corrected chi connectivity index (χ0v) is 63.7. The fourth-order valence-corrected chi connectivity index (χ4v) is 12.0. The summed E-state index contributed by atoms with van der Waals surface area (Å²) in [5.41, 5.74) is 0. The summed E-state index contributed by atoms with van der Waals surface area (Å²) in [7, 11) is -9.96. The molecule has 2 unspecified atom stereocenters. The fourth-order valence-electron chi connectivity index (χ4n) is 10.4. The zero-order chi connectivity index (χ0) is 71.8. The van der Waals surface area contributed by atoms with Crippen LogP contribution in [0.25, 0.3) is 0 Å². The van der Waals surface area contributed by atoms with Crippen molar-refractivity contribution < 1.29 is 80.2 Å². The van der Waals surface area contributed by atoms with Gasteiger partial charge in [0.05, 0.1) is 26.4 Å². The Bertz CT molecular complexity index is 2190. The molecule has 0 radical (unpaired) electrons. The molecule has 0 aliphatic rings. The van der Waals surface area contributed by atoms with Gasteiger partial charge in [-0.1, -0.05) is 280 Å². The SMILES string of the molecule is CCCCC/C=C\C/C=C\C/C=C\C/C=C\CCCC(=O)OC[C@H](COP(=O)(O)OC[C@@H](O)COP(=O)(O)OC[C@@H](COC(=O)CCCCCCCCCCCCCCC)OC(=O)CCCCCCC/C=C\C=C/CCCCCC)OC(=O)CCCCCCC/C=C\CCCCCC. The molecule has 98 heavy (non-hydrogen) atoms. The maximum absolute atomic E-state index is 13.1. The monoisotopic (exact) mass is 1420 g/mol. The summed E-state index contributed by atoms with van der Waals surface area (Å²) in [6.45, 7) is 4.75. The minimum Gasteiger partial charge on any atom is -0.462 e. The Labute approximate surface area is 595 Å². The number of carbonyl (C=O) groups excluding carboxylic acids is 4. The van der Waals surface area contributed by atoms with Crippen molar-refractivity contribution >= 4 is 39.5 Å². The molecule has 0 fully saturated rings. The number of carbonyl (C=O) groups is 4. The molecule has 0 spiro atoms. The quantitative estimate of drug-likeness (QED) is 0.0128. The largest absolute Gasteiger partial charge is 0.472 e. The highest BCUT2D eigenvalue weighted by atomic mass is 31.2. The Balaban J connectivity index is 5.39. The van der Waals surface area contributed by atoms with E-state index in [2.05, 4.69) is 101 Å². The molecule has 0 heterocycles. The highest BCUT2D eigenvalue weighted by Crippen LogP contribution is 2.45. The summed E-state index contributed by atoms with van der Waals surface area (Å²) < 4.78 is 68.4. The highest BCUT2D eigenvalue weighted by molar-refractivity contribution is 7.47. The van der Waals surface area contributed by atoms with Gasteiger partial charge in [0.2, 0.25) is 0 Å². The van der Waals surface area contributed by atoms with Crippen LogP contribution < -0.4 is 0 Å². The molecule has 0 rings (SSSR count). The number of aliphatic hydroxyl groups excluding tert-OH is 1. The second-order valence-electron chi connectivity index (χ2n) is 26.0. The summed E-state index contributed by atoms with van der Waals surface area (Å²) >= 11 is 0. The number of allylic oxidation sites excluding steroid dienone is 14. The van der Waals surface area contributed by atoms with E-state index in [4.69, 9.17) is 37.0 Å². The Kier molecular flexibility index (Phi) is 68.9. The molecule has 0 aromatic rings. The van der Waals surface area contributed by atoms with Crippen molar-refractivity contribution in [2.45, 2.75) is 354 Å². The third kappa shape index (κ3) is 70.7. The molecule has 0 aliphatic heterocycles. The summed E-state index contributed by atoms with van der Waals surface area (Å²) in [6, 6.07) is 0. The molecule has 3 N–H and O–H groups in total. The molecule has 0 amide bonds. The van der Waals surface area contributed by atoms with E-state index in [-0.39, 0.29) is 25.7 Å². The molecule has 17 nitrogen and oxygen atoms in total. The van der Waals surface area contributed by atoms with Crippen LogP contribution in [0.4, 0.5) is 0 Å². The molecule has 0 saturated carbocycles. The summed E-state index contributed by atoms with van der Waals surface area (Å²) in [5.74, 6) is -2.25. The number of hydrogen-bond acceptors (Lipinski definition) is 15. The van der Waals surface area contributed by atoms with Gasteiger partial charge in [-0.25, -0.2) is 9.13 Å². The summed E-state index contributed by atoms with van der Waals surface area (Å²) in [6.07, 6.45) is 72.9. The number of phosphoric ester groups is 2. The lowest BCUT2D eigenvalue weighted by Gasteiger charge is -2.21. The minimum absolute atomic E-state index is 0.0742. The van der Waals surface area contributed by atoms with Crippen LogP contribution in [-0.4, -0.2) is 96.7 Å². The second-order valence-corrected chi connectivity index (χ2v) is 28.9. The first-order valence-electron chi connectivity index (χ1n) is 38.8. The van der Waals surface area contributed by atoms with Crippen molar-refractivity contribution in [2.24, 2.45) is 0 Å². The van der Waals surface area contributed by atoms with Crippen LogP contribution in [0.2, 0.25) is 0 Å². The lowest BCUT2D eigenvalue weighted by Crippen LogP contribution is -2.30. The lowest BCUT2D eigenvalue weighted by atomic mass is 10.0. The molecule has 0 aromatic heterocycles. The molecular formula is C79H140O17P2. The predicted molar refractivity (Wildman–Crippen MR) is 399 cm³/mol. The summed E-state index contributed by atoms with van der Waals surface area (Å²) in [5, 5.41) is 10.6. The molecular weight excluding hydrogens is 1280 g/mol. The van der Waals surface area contributed by atoms with Crippen LogP contribution >= 0.6 is 15.6 Å². The zero-order valence-electron chi connectivity index (χ0n) is 62.0.